The van der Waals surface area contributed by atoms with Crippen LogP contribution in [0.1, 0.15) is 24.8 Å². The Balaban J connectivity index is 2.50. The quantitative estimate of drug-likeness (QED) is 0.860. The topological polar surface area (TPSA) is 46.5 Å². The lowest BCUT2D eigenvalue weighted by molar-refractivity contribution is -0.137. The van der Waals surface area contributed by atoms with Gasteiger partial charge in [-0.2, -0.15) is 4.39 Å². The van der Waals surface area contributed by atoms with Gasteiger partial charge in [0.05, 0.1) is 18.6 Å². The molecule has 0 heterocycles. The second-order valence-corrected chi connectivity index (χ2v) is 4.83. The van der Waals surface area contributed by atoms with Crippen molar-refractivity contribution >= 4 is 17.6 Å². The lowest BCUT2D eigenvalue weighted by atomic mass is 9.91. The maximum Gasteiger partial charge on any atom is 0.304 e. The van der Waals surface area contributed by atoms with Gasteiger partial charge in [0, 0.05) is 5.41 Å². The van der Waals surface area contributed by atoms with Crippen molar-refractivity contribution < 1.29 is 23.4 Å². The van der Waals surface area contributed by atoms with Gasteiger partial charge in [0.1, 0.15) is 0 Å². The van der Waals surface area contributed by atoms with Crippen LogP contribution in [0.4, 0.5) is 8.78 Å². The zero-order valence-electron chi connectivity index (χ0n) is 9.60. The Morgan fingerprint density at radius 3 is 2.56 bits per heavy atom. The molecular formula is C12H11ClF2O3. The molecule has 98 valence electrons. The highest BCUT2D eigenvalue weighted by molar-refractivity contribution is 6.32. The van der Waals surface area contributed by atoms with Gasteiger partial charge in [-0.15, -0.1) is 0 Å². The monoisotopic (exact) mass is 276 g/mol. The molecule has 6 heteroatoms. The van der Waals surface area contributed by atoms with Crippen LogP contribution in [0.5, 0.6) is 5.75 Å². The summed E-state index contributed by atoms with van der Waals surface area (Å²) in [5, 5.41) is 8.75. The van der Waals surface area contributed by atoms with Crippen molar-refractivity contribution in [3.8, 4) is 5.75 Å². The highest BCUT2D eigenvalue weighted by Crippen LogP contribution is 2.53. The summed E-state index contributed by atoms with van der Waals surface area (Å²) in [7, 11) is 1.19. The Morgan fingerprint density at radius 2 is 2.11 bits per heavy atom. The molecule has 2 rings (SSSR count). The summed E-state index contributed by atoms with van der Waals surface area (Å²) in [5.41, 5.74) is -0.805. The molecule has 1 aromatic carbocycles. The normalized spacial score (nSPS) is 16.4. The molecule has 1 aliphatic rings. The van der Waals surface area contributed by atoms with E-state index in [1.807, 2.05) is 0 Å². The molecule has 0 spiro atoms. The van der Waals surface area contributed by atoms with Crippen molar-refractivity contribution in [3.05, 3.63) is 28.3 Å². The number of methoxy groups -OCH3 is 1. The van der Waals surface area contributed by atoms with Crippen LogP contribution in [-0.2, 0) is 10.2 Å². The van der Waals surface area contributed by atoms with Gasteiger partial charge in [0.15, 0.2) is 11.6 Å². The zero-order valence-corrected chi connectivity index (χ0v) is 10.4. The largest absolute Gasteiger partial charge is 0.492 e. The predicted molar refractivity (Wildman–Crippen MR) is 61.1 cm³/mol. The fourth-order valence-corrected chi connectivity index (χ4v) is 2.40. The average molecular weight is 277 g/mol. The number of ether oxygens (including phenoxy) is 1. The van der Waals surface area contributed by atoms with Gasteiger partial charge < -0.3 is 9.84 Å². The third-order valence-corrected chi connectivity index (χ3v) is 3.52. The lowest BCUT2D eigenvalue weighted by Crippen LogP contribution is -2.16. The predicted octanol–water partition coefficient (Wildman–Crippen LogP) is 3.13. The summed E-state index contributed by atoms with van der Waals surface area (Å²) >= 11 is 5.80. The SMILES string of the molecule is COc1c(Cl)cc(C2(CC(=O)O)CC2)c(F)c1F. The molecule has 0 aliphatic heterocycles. The Labute approximate surface area is 107 Å². The van der Waals surface area contributed by atoms with Crippen molar-refractivity contribution in [1.82, 2.24) is 0 Å². The molecule has 0 radical (unpaired) electrons. The number of carboxylic acid groups (broad SMARTS) is 1. The van der Waals surface area contributed by atoms with Gasteiger partial charge in [0.2, 0.25) is 5.82 Å². The van der Waals surface area contributed by atoms with Gasteiger partial charge in [0.25, 0.3) is 0 Å². The number of aliphatic carboxylic acids is 1. The summed E-state index contributed by atoms with van der Waals surface area (Å²) in [5.74, 6) is -3.64. The summed E-state index contributed by atoms with van der Waals surface area (Å²) in [4.78, 5) is 10.8. The van der Waals surface area contributed by atoms with Gasteiger partial charge in [-0.05, 0) is 24.5 Å². The number of hydrogen-bond donors (Lipinski definition) is 1. The van der Waals surface area contributed by atoms with E-state index in [9.17, 15) is 13.6 Å². The average Bonchev–Trinajstić information content (AvgIpc) is 3.04. The van der Waals surface area contributed by atoms with Crippen LogP contribution in [0, 0.1) is 11.6 Å². The molecule has 0 amide bonds. The second kappa shape index (κ2) is 4.39. The maximum atomic E-state index is 13.9. The molecule has 1 fully saturated rings. The Kier molecular flexibility index (Phi) is 3.19. The molecule has 0 aromatic heterocycles. The minimum absolute atomic E-state index is 0.0215. The Bertz CT molecular complexity index is 513. The minimum atomic E-state index is -1.17. The molecule has 0 bridgehead atoms. The van der Waals surface area contributed by atoms with E-state index in [2.05, 4.69) is 4.74 Å². The number of carbonyl (C=O) groups is 1. The molecule has 0 atom stereocenters. The van der Waals surface area contributed by atoms with Crippen LogP contribution in [0.15, 0.2) is 6.07 Å². The summed E-state index contributed by atoms with van der Waals surface area (Å²) in [6.07, 6.45) is 0.794. The fourth-order valence-electron chi connectivity index (χ4n) is 2.13. The van der Waals surface area contributed by atoms with E-state index in [4.69, 9.17) is 16.7 Å². The number of rotatable bonds is 4. The van der Waals surface area contributed by atoms with E-state index in [1.54, 1.807) is 0 Å². The third-order valence-electron chi connectivity index (χ3n) is 3.24. The molecule has 1 saturated carbocycles. The zero-order chi connectivity index (χ0) is 13.5. The van der Waals surface area contributed by atoms with Crippen molar-refractivity contribution in [3.63, 3.8) is 0 Å². The van der Waals surface area contributed by atoms with Gasteiger partial charge in [-0.1, -0.05) is 11.6 Å². The smallest absolute Gasteiger partial charge is 0.304 e. The molecular weight excluding hydrogens is 266 g/mol. The van der Waals surface area contributed by atoms with E-state index in [0.717, 1.165) is 0 Å². The number of halogens is 3. The second-order valence-electron chi connectivity index (χ2n) is 4.42. The number of benzene rings is 1. The molecule has 1 aromatic rings. The molecule has 1 N–H and O–H groups in total. The summed E-state index contributed by atoms with van der Waals surface area (Å²) in [6.45, 7) is 0. The highest BCUT2D eigenvalue weighted by atomic mass is 35.5. The molecule has 3 nitrogen and oxygen atoms in total. The standard InChI is InChI=1S/C12H11ClF2O3/c1-18-11-7(13)4-6(9(14)10(11)15)12(2-3-12)5-8(16)17/h4H,2-3,5H2,1H3,(H,16,17). The van der Waals surface area contributed by atoms with Crippen molar-refractivity contribution in [2.45, 2.75) is 24.7 Å². The van der Waals surface area contributed by atoms with E-state index < -0.39 is 23.0 Å². The van der Waals surface area contributed by atoms with Crippen molar-refractivity contribution in [2.75, 3.05) is 7.11 Å². The Morgan fingerprint density at radius 1 is 1.50 bits per heavy atom. The first-order chi connectivity index (χ1) is 8.41. The van der Waals surface area contributed by atoms with E-state index in [-0.39, 0.29) is 22.8 Å². The molecule has 0 unspecified atom stereocenters. The van der Waals surface area contributed by atoms with E-state index in [0.29, 0.717) is 12.8 Å². The maximum absolute atomic E-state index is 13.9. The van der Waals surface area contributed by atoms with Gasteiger partial charge in [-0.3, -0.25) is 4.79 Å². The lowest BCUT2D eigenvalue weighted by Gasteiger charge is -2.16. The van der Waals surface area contributed by atoms with Gasteiger partial charge >= 0.3 is 5.97 Å². The highest BCUT2D eigenvalue weighted by Gasteiger charge is 2.48. The first-order valence-electron chi connectivity index (χ1n) is 5.35. The fraction of sp³-hybridized carbons (Fsp3) is 0.417. The number of hydrogen-bond acceptors (Lipinski definition) is 2. The minimum Gasteiger partial charge on any atom is -0.492 e. The summed E-state index contributed by atoms with van der Waals surface area (Å²) in [6, 6.07) is 1.26. The van der Waals surface area contributed by atoms with Crippen LogP contribution in [-0.4, -0.2) is 18.2 Å². The molecule has 0 saturated heterocycles. The van der Waals surface area contributed by atoms with Crippen molar-refractivity contribution in [1.29, 1.82) is 0 Å². The third kappa shape index (κ3) is 2.03. The number of carboxylic acids is 1. The van der Waals surface area contributed by atoms with Crippen LogP contribution in [0.25, 0.3) is 0 Å². The molecule has 18 heavy (non-hydrogen) atoms. The first kappa shape index (κ1) is 13.1. The van der Waals surface area contributed by atoms with E-state index >= 15 is 0 Å². The summed E-state index contributed by atoms with van der Waals surface area (Å²) < 4.78 is 32.3. The van der Waals surface area contributed by atoms with Crippen molar-refractivity contribution in [2.24, 2.45) is 0 Å². The first-order valence-corrected chi connectivity index (χ1v) is 5.73. The van der Waals surface area contributed by atoms with E-state index in [1.165, 1.54) is 13.2 Å². The van der Waals surface area contributed by atoms with Crippen LogP contribution in [0.3, 0.4) is 0 Å². The van der Waals surface area contributed by atoms with Gasteiger partial charge in [-0.25, -0.2) is 4.39 Å². The molecule has 1 aliphatic carbocycles. The van der Waals surface area contributed by atoms with Crippen LogP contribution in [0.2, 0.25) is 5.02 Å². The van der Waals surface area contributed by atoms with Crippen LogP contribution >= 0.6 is 11.6 Å². The Hall–Kier alpha value is -1.36. The van der Waals surface area contributed by atoms with Crippen LogP contribution < -0.4 is 4.74 Å².